The number of hydrogen-bond acceptors (Lipinski definition) is 5. The van der Waals surface area contributed by atoms with Gasteiger partial charge in [0.05, 0.1) is 32.6 Å². The number of amides is 1. The molecule has 6 nitrogen and oxygen atoms in total. The largest absolute Gasteiger partial charge is 0.497 e. The first-order valence-corrected chi connectivity index (χ1v) is 10.9. The van der Waals surface area contributed by atoms with E-state index in [-0.39, 0.29) is 5.91 Å². The molecule has 1 aromatic carbocycles. The van der Waals surface area contributed by atoms with Crippen molar-refractivity contribution in [3.05, 3.63) is 77.0 Å². The molecule has 2 aliphatic rings. The summed E-state index contributed by atoms with van der Waals surface area (Å²) in [6, 6.07) is 7.89. The molecule has 0 aliphatic carbocycles. The Kier molecular flexibility index (Phi) is 6.11. The Labute approximate surface area is 180 Å². The molecule has 0 radical (unpaired) electrons. The average Bonchev–Trinajstić information content (AvgIpc) is 3.17. The van der Waals surface area contributed by atoms with Crippen molar-refractivity contribution < 1.29 is 14.3 Å². The van der Waals surface area contributed by atoms with Crippen molar-refractivity contribution in [2.45, 2.75) is 12.3 Å². The maximum Gasteiger partial charge on any atom is 0.274 e. The summed E-state index contributed by atoms with van der Waals surface area (Å²) in [7, 11) is 1.65. The summed E-state index contributed by atoms with van der Waals surface area (Å²) >= 11 is 1.67. The van der Waals surface area contributed by atoms with Gasteiger partial charge in [-0.15, -0.1) is 11.8 Å². The molecular formula is C23H25N3O3S. The predicted molar refractivity (Wildman–Crippen MR) is 120 cm³/mol. The molecule has 1 amide bonds. The lowest BCUT2D eigenvalue weighted by atomic mass is 10.0. The molecule has 0 unspecified atom stereocenters. The highest BCUT2D eigenvalue weighted by atomic mass is 32.2. The Morgan fingerprint density at radius 1 is 1.23 bits per heavy atom. The minimum Gasteiger partial charge on any atom is -0.497 e. The van der Waals surface area contributed by atoms with E-state index in [0.717, 1.165) is 33.0 Å². The fourth-order valence-electron chi connectivity index (χ4n) is 3.75. The van der Waals surface area contributed by atoms with Crippen LogP contribution < -0.4 is 4.74 Å². The monoisotopic (exact) mass is 423 g/mol. The summed E-state index contributed by atoms with van der Waals surface area (Å²) < 4.78 is 12.6. The van der Waals surface area contributed by atoms with Gasteiger partial charge in [-0.1, -0.05) is 37.4 Å². The van der Waals surface area contributed by atoms with E-state index in [0.29, 0.717) is 44.3 Å². The van der Waals surface area contributed by atoms with Crippen molar-refractivity contribution in [1.29, 1.82) is 0 Å². The number of rotatable bonds is 6. The summed E-state index contributed by atoms with van der Waals surface area (Å²) in [4.78, 5) is 16.2. The van der Waals surface area contributed by atoms with Crippen LogP contribution in [0.4, 0.5) is 0 Å². The Morgan fingerprint density at radius 3 is 2.60 bits per heavy atom. The quantitative estimate of drug-likeness (QED) is 0.708. The SMILES string of the molecule is C=CC1=C(C=C)c2c(c(C(=O)N3CCOCC3)nn2Cc2ccc(OC)cc2)CS1. The molecule has 0 spiro atoms. The second-order valence-electron chi connectivity index (χ2n) is 7.06. The molecule has 0 atom stereocenters. The van der Waals surface area contributed by atoms with Crippen molar-refractivity contribution >= 4 is 23.2 Å². The van der Waals surface area contributed by atoms with E-state index in [1.807, 2.05) is 46.0 Å². The smallest absolute Gasteiger partial charge is 0.274 e. The van der Waals surface area contributed by atoms with Crippen LogP contribution in [0.1, 0.15) is 27.3 Å². The molecule has 1 saturated heterocycles. The predicted octanol–water partition coefficient (Wildman–Crippen LogP) is 3.74. The first-order chi connectivity index (χ1) is 14.7. The molecule has 4 rings (SSSR count). The summed E-state index contributed by atoms with van der Waals surface area (Å²) in [5.74, 6) is 1.46. The molecule has 156 valence electrons. The third-order valence-electron chi connectivity index (χ3n) is 5.32. The van der Waals surface area contributed by atoms with Crippen LogP contribution in [-0.4, -0.2) is 54.0 Å². The molecule has 1 fully saturated rings. The van der Waals surface area contributed by atoms with E-state index in [4.69, 9.17) is 14.6 Å². The van der Waals surface area contributed by atoms with Crippen LogP contribution in [-0.2, 0) is 17.0 Å². The number of thioether (sulfide) groups is 1. The van der Waals surface area contributed by atoms with E-state index in [2.05, 4.69) is 13.2 Å². The van der Waals surface area contributed by atoms with E-state index in [1.54, 1.807) is 18.9 Å². The van der Waals surface area contributed by atoms with Gasteiger partial charge in [0, 0.05) is 34.9 Å². The number of carbonyl (C=O) groups is 1. The second kappa shape index (κ2) is 8.93. The zero-order valence-corrected chi connectivity index (χ0v) is 17.9. The van der Waals surface area contributed by atoms with Crippen LogP contribution in [0.5, 0.6) is 5.75 Å². The number of fused-ring (bicyclic) bond motifs is 1. The fourth-order valence-corrected chi connectivity index (χ4v) is 4.78. The van der Waals surface area contributed by atoms with Gasteiger partial charge in [-0.2, -0.15) is 5.10 Å². The normalized spacial score (nSPS) is 16.2. The van der Waals surface area contributed by atoms with E-state index in [9.17, 15) is 4.79 Å². The average molecular weight is 424 g/mol. The number of morpholine rings is 1. The van der Waals surface area contributed by atoms with Gasteiger partial charge in [-0.3, -0.25) is 9.48 Å². The lowest BCUT2D eigenvalue weighted by Gasteiger charge is -2.26. The molecule has 2 aliphatic heterocycles. The van der Waals surface area contributed by atoms with Crippen LogP contribution in [0.2, 0.25) is 0 Å². The molecule has 3 heterocycles. The van der Waals surface area contributed by atoms with E-state index in [1.165, 1.54) is 0 Å². The van der Waals surface area contributed by atoms with Gasteiger partial charge < -0.3 is 14.4 Å². The second-order valence-corrected chi connectivity index (χ2v) is 8.08. The molecule has 1 aromatic heterocycles. The third kappa shape index (κ3) is 3.82. The van der Waals surface area contributed by atoms with E-state index < -0.39 is 0 Å². The Balaban J connectivity index is 1.77. The summed E-state index contributed by atoms with van der Waals surface area (Å²) in [6.45, 7) is 10.8. The van der Waals surface area contributed by atoms with Gasteiger partial charge in [-0.25, -0.2) is 0 Å². The Morgan fingerprint density at radius 2 is 1.97 bits per heavy atom. The molecule has 0 bridgehead atoms. The third-order valence-corrected chi connectivity index (χ3v) is 6.46. The molecule has 0 N–H and O–H groups in total. The van der Waals surface area contributed by atoms with Crippen molar-refractivity contribution in [2.75, 3.05) is 33.4 Å². The molecule has 0 saturated carbocycles. The van der Waals surface area contributed by atoms with Crippen LogP contribution in [0.15, 0.2) is 54.5 Å². The van der Waals surface area contributed by atoms with Gasteiger partial charge in [-0.05, 0) is 17.7 Å². The zero-order valence-electron chi connectivity index (χ0n) is 17.1. The molecule has 2 aromatic rings. The maximum absolute atomic E-state index is 13.3. The van der Waals surface area contributed by atoms with Gasteiger partial charge in [0.2, 0.25) is 0 Å². The number of nitrogens with zero attached hydrogens (tertiary/aromatic N) is 3. The number of allylic oxidation sites excluding steroid dienone is 3. The molecular weight excluding hydrogens is 398 g/mol. The van der Waals surface area contributed by atoms with Crippen molar-refractivity contribution in [2.24, 2.45) is 0 Å². The number of carbonyl (C=O) groups excluding carboxylic acids is 1. The molecule has 30 heavy (non-hydrogen) atoms. The standard InChI is InChI=1S/C23H25N3O3S/c1-4-18-20(5-2)30-15-19-21(23(27)25-10-12-29-13-11-25)24-26(22(18)19)14-16-6-8-17(28-3)9-7-16/h4-9H,1-2,10-15H2,3H3. The fraction of sp³-hybridized carbons (Fsp3) is 0.304. The van der Waals surface area contributed by atoms with Crippen molar-refractivity contribution in [3.63, 3.8) is 0 Å². The highest BCUT2D eigenvalue weighted by Gasteiger charge is 2.31. The van der Waals surface area contributed by atoms with E-state index >= 15 is 0 Å². The first kappa shape index (κ1) is 20.5. The van der Waals surface area contributed by atoms with Crippen LogP contribution in [0.25, 0.3) is 5.57 Å². The minimum absolute atomic E-state index is 0.0332. The van der Waals surface area contributed by atoms with Gasteiger partial charge in [0.1, 0.15) is 5.75 Å². The van der Waals surface area contributed by atoms with Crippen LogP contribution in [0, 0.1) is 0 Å². The van der Waals surface area contributed by atoms with Crippen LogP contribution >= 0.6 is 11.8 Å². The van der Waals surface area contributed by atoms with Crippen molar-refractivity contribution in [1.82, 2.24) is 14.7 Å². The summed E-state index contributed by atoms with van der Waals surface area (Å²) in [5.41, 5.74) is 4.48. The lowest BCUT2D eigenvalue weighted by molar-refractivity contribution is 0.0298. The summed E-state index contributed by atoms with van der Waals surface area (Å²) in [6.07, 6.45) is 3.68. The van der Waals surface area contributed by atoms with Crippen LogP contribution in [0.3, 0.4) is 0 Å². The lowest BCUT2D eigenvalue weighted by Crippen LogP contribution is -2.41. The van der Waals surface area contributed by atoms with Gasteiger partial charge in [0.15, 0.2) is 5.69 Å². The number of aromatic nitrogens is 2. The highest BCUT2D eigenvalue weighted by Crippen LogP contribution is 2.41. The number of ether oxygens (including phenoxy) is 2. The van der Waals surface area contributed by atoms with Gasteiger partial charge in [0.25, 0.3) is 5.91 Å². The number of benzene rings is 1. The number of methoxy groups -OCH3 is 1. The van der Waals surface area contributed by atoms with Gasteiger partial charge >= 0.3 is 0 Å². The highest BCUT2D eigenvalue weighted by molar-refractivity contribution is 8.02. The molecule has 7 heteroatoms. The topological polar surface area (TPSA) is 56.6 Å². The zero-order chi connectivity index (χ0) is 21.1. The Hall–Kier alpha value is -2.77. The minimum atomic E-state index is -0.0332. The maximum atomic E-state index is 13.3. The Bertz CT molecular complexity index is 1000. The van der Waals surface area contributed by atoms with Crippen molar-refractivity contribution in [3.8, 4) is 5.75 Å². The number of hydrogen-bond donors (Lipinski definition) is 0. The summed E-state index contributed by atoms with van der Waals surface area (Å²) in [5, 5.41) is 4.80. The first-order valence-electron chi connectivity index (χ1n) is 9.88.